The summed E-state index contributed by atoms with van der Waals surface area (Å²) in [5.41, 5.74) is 2.77. The van der Waals surface area contributed by atoms with Crippen molar-refractivity contribution in [2.24, 2.45) is 5.41 Å². The van der Waals surface area contributed by atoms with Crippen LogP contribution >= 0.6 is 0 Å². The lowest BCUT2D eigenvalue weighted by atomic mass is 9.91. The van der Waals surface area contributed by atoms with Crippen molar-refractivity contribution >= 4 is 23.4 Å². The van der Waals surface area contributed by atoms with Gasteiger partial charge in [-0.25, -0.2) is 4.98 Å². The van der Waals surface area contributed by atoms with Gasteiger partial charge in [-0.1, -0.05) is 42.7 Å². The number of hydrogen-bond acceptors (Lipinski definition) is 5. The van der Waals surface area contributed by atoms with E-state index < -0.39 is 5.41 Å². The SMILES string of the molecule is Cc1ccc(C(C)Nc2ncc3c(n2)N(C2CCCC2)CC(C)(C)C(=O)N3C)cc1. The quantitative estimate of drug-likeness (QED) is 0.795. The molecule has 6 nitrogen and oxygen atoms in total. The number of nitrogens with zero attached hydrogens (tertiary/aromatic N) is 4. The number of aryl methyl sites for hydroxylation is 1. The summed E-state index contributed by atoms with van der Waals surface area (Å²) in [5, 5.41) is 3.45. The van der Waals surface area contributed by atoms with E-state index in [4.69, 9.17) is 4.98 Å². The Labute approximate surface area is 179 Å². The van der Waals surface area contributed by atoms with E-state index in [1.807, 2.05) is 20.9 Å². The van der Waals surface area contributed by atoms with Crippen molar-refractivity contribution in [2.75, 3.05) is 28.7 Å². The number of aromatic nitrogens is 2. The first kappa shape index (κ1) is 20.6. The fourth-order valence-corrected chi connectivity index (χ4v) is 4.67. The summed E-state index contributed by atoms with van der Waals surface area (Å²) in [6, 6.07) is 9.03. The summed E-state index contributed by atoms with van der Waals surface area (Å²) in [6.45, 7) is 8.96. The molecule has 0 radical (unpaired) electrons. The summed E-state index contributed by atoms with van der Waals surface area (Å²) in [6.07, 6.45) is 6.58. The smallest absolute Gasteiger partial charge is 0.234 e. The zero-order chi connectivity index (χ0) is 21.5. The molecule has 30 heavy (non-hydrogen) atoms. The van der Waals surface area contributed by atoms with Crippen molar-refractivity contribution in [1.82, 2.24) is 9.97 Å². The molecule has 2 aliphatic rings. The number of carbonyl (C=O) groups is 1. The minimum atomic E-state index is -0.471. The van der Waals surface area contributed by atoms with E-state index in [0.29, 0.717) is 18.5 Å². The average Bonchev–Trinajstić information content (AvgIpc) is 3.24. The van der Waals surface area contributed by atoms with Crippen molar-refractivity contribution in [1.29, 1.82) is 0 Å². The number of carbonyl (C=O) groups excluding carboxylic acids is 1. The van der Waals surface area contributed by atoms with Gasteiger partial charge in [-0.15, -0.1) is 0 Å². The highest BCUT2D eigenvalue weighted by Crippen LogP contribution is 2.40. The third-order valence-electron chi connectivity index (χ3n) is 6.52. The highest BCUT2D eigenvalue weighted by molar-refractivity contribution is 6.00. The van der Waals surface area contributed by atoms with Crippen molar-refractivity contribution in [3.8, 4) is 0 Å². The van der Waals surface area contributed by atoms with E-state index in [1.165, 1.54) is 24.0 Å². The summed E-state index contributed by atoms with van der Waals surface area (Å²) in [5.74, 6) is 1.59. The molecular formula is C24H33N5O. The van der Waals surface area contributed by atoms with Crippen LogP contribution in [0.3, 0.4) is 0 Å². The van der Waals surface area contributed by atoms with Gasteiger partial charge in [0.2, 0.25) is 11.9 Å². The molecule has 6 heteroatoms. The van der Waals surface area contributed by atoms with Crippen LogP contribution < -0.4 is 15.1 Å². The fourth-order valence-electron chi connectivity index (χ4n) is 4.67. The predicted octanol–water partition coefficient (Wildman–Crippen LogP) is 4.71. The van der Waals surface area contributed by atoms with Crippen LogP contribution in [0.15, 0.2) is 30.5 Å². The van der Waals surface area contributed by atoms with Crippen LogP contribution in [0.25, 0.3) is 0 Å². The molecule has 2 aromatic rings. The number of rotatable bonds is 4. The molecule has 1 saturated carbocycles. The van der Waals surface area contributed by atoms with E-state index in [1.54, 1.807) is 11.1 Å². The van der Waals surface area contributed by atoms with Crippen LogP contribution in [0, 0.1) is 12.3 Å². The van der Waals surface area contributed by atoms with Crippen LogP contribution in [0.5, 0.6) is 0 Å². The van der Waals surface area contributed by atoms with E-state index in [9.17, 15) is 4.79 Å². The Morgan fingerprint density at radius 2 is 1.83 bits per heavy atom. The van der Waals surface area contributed by atoms with E-state index in [2.05, 4.69) is 53.3 Å². The highest BCUT2D eigenvalue weighted by Gasteiger charge is 2.41. The summed E-state index contributed by atoms with van der Waals surface area (Å²) in [7, 11) is 1.84. The van der Waals surface area contributed by atoms with Crippen LogP contribution in [0.4, 0.5) is 17.5 Å². The second-order valence-corrected chi connectivity index (χ2v) is 9.49. The Hall–Kier alpha value is -2.63. The first-order valence-electron chi connectivity index (χ1n) is 11.0. The molecule has 4 rings (SSSR count). The van der Waals surface area contributed by atoms with Gasteiger partial charge in [0, 0.05) is 19.6 Å². The molecule has 1 aliphatic carbocycles. The second kappa shape index (κ2) is 7.89. The van der Waals surface area contributed by atoms with Gasteiger partial charge < -0.3 is 15.1 Å². The molecule has 1 aliphatic heterocycles. The highest BCUT2D eigenvalue weighted by atomic mass is 16.2. The molecule has 1 amide bonds. The predicted molar refractivity (Wildman–Crippen MR) is 122 cm³/mol. The van der Waals surface area contributed by atoms with Crippen LogP contribution in [-0.4, -0.2) is 35.5 Å². The molecule has 1 aromatic carbocycles. The molecule has 160 valence electrons. The summed E-state index contributed by atoms with van der Waals surface area (Å²) in [4.78, 5) is 26.7. The van der Waals surface area contributed by atoms with E-state index in [0.717, 1.165) is 24.3 Å². The number of anilines is 3. The molecule has 1 unspecified atom stereocenters. The maximum Gasteiger partial charge on any atom is 0.234 e. The van der Waals surface area contributed by atoms with Crippen LogP contribution in [-0.2, 0) is 4.79 Å². The Morgan fingerprint density at radius 1 is 1.17 bits per heavy atom. The van der Waals surface area contributed by atoms with E-state index >= 15 is 0 Å². The third kappa shape index (κ3) is 3.87. The lowest BCUT2D eigenvalue weighted by Gasteiger charge is -2.34. The minimum absolute atomic E-state index is 0.0881. The molecule has 1 fully saturated rings. The summed E-state index contributed by atoms with van der Waals surface area (Å²) < 4.78 is 0. The van der Waals surface area contributed by atoms with Gasteiger partial charge in [-0.05, 0) is 46.1 Å². The van der Waals surface area contributed by atoms with Gasteiger partial charge in [-0.3, -0.25) is 4.79 Å². The monoisotopic (exact) mass is 407 g/mol. The lowest BCUT2D eigenvalue weighted by molar-refractivity contribution is -0.125. The number of nitrogens with one attached hydrogen (secondary N) is 1. The van der Waals surface area contributed by atoms with Gasteiger partial charge in [0.05, 0.1) is 17.7 Å². The topological polar surface area (TPSA) is 61.4 Å². The lowest BCUT2D eigenvalue weighted by Crippen LogP contribution is -2.45. The second-order valence-electron chi connectivity index (χ2n) is 9.49. The fraction of sp³-hybridized carbons (Fsp3) is 0.542. The van der Waals surface area contributed by atoms with Gasteiger partial charge >= 0.3 is 0 Å². The molecule has 1 aromatic heterocycles. The van der Waals surface area contributed by atoms with Crippen LogP contribution in [0.2, 0.25) is 0 Å². The zero-order valence-electron chi connectivity index (χ0n) is 18.8. The maximum absolute atomic E-state index is 13.1. The molecule has 2 heterocycles. The minimum Gasteiger partial charge on any atom is -0.351 e. The molecule has 0 bridgehead atoms. The first-order chi connectivity index (χ1) is 14.3. The third-order valence-corrected chi connectivity index (χ3v) is 6.52. The Bertz CT molecular complexity index is 918. The van der Waals surface area contributed by atoms with Gasteiger partial charge in [0.25, 0.3) is 0 Å². The Balaban J connectivity index is 1.68. The molecule has 0 saturated heterocycles. The average molecular weight is 408 g/mol. The standard InChI is InChI=1S/C24H33N5O/c1-16-10-12-18(13-11-16)17(2)26-23-25-14-20-21(27-23)29(19-8-6-7-9-19)15-24(3,4)22(30)28(20)5/h10-14,17,19H,6-9,15H2,1-5H3,(H,25,26,27). The Morgan fingerprint density at radius 3 is 2.50 bits per heavy atom. The largest absolute Gasteiger partial charge is 0.351 e. The number of hydrogen-bond donors (Lipinski definition) is 1. The van der Waals surface area contributed by atoms with Gasteiger partial charge in [-0.2, -0.15) is 4.98 Å². The zero-order valence-corrected chi connectivity index (χ0v) is 18.8. The normalized spacial score (nSPS) is 20.1. The first-order valence-corrected chi connectivity index (χ1v) is 11.0. The Kier molecular flexibility index (Phi) is 5.43. The van der Waals surface area contributed by atoms with Crippen molar-refractivity contribution in [2.45, 2.75) is 65.5 Å². The van der Waals surface area contributed by atoms with Gasteiger partial charge in [0.1, 0.15) is 5.69 Å². The number of amides is 1. The molecule has 0 spiro atoms. The van der Waals surface area contributed by atoms with E-state index in [-0.39, 0.29) is 11.9 Å². The van der Waals surface area contributed by atoms with Crippen molar-refractivity contribution < 1.29 is 4.79 Å². The maximum atomic E-state index is 13.1. The van der Waals surface area contributed by atoms with Crippen molar-refractivity contribution in [3.63, 3.8) is 0 Å². The summed E-state index contributed by atoms with van der Waals surface area (Å²) >= 11 is 0. The van der Waals surface area contributed by atoms with Gasteiger partial charge in [0.15, 0.2) is 5.82 Å². The molecule has 1 N–H and O–H groups in total. The number of benzene rings is 1. The number of fused-ring (bicyclic) bond motifs is 1. The molecular weight excluding hydrogens is 374 g/mol. The molecule has 1 atom stereocenters. The van der Waals surface area contributed by atoms with Crippen molar-refractivity contribution in [3.05, 3.63) is 41.6 Å². The van der Waals surface area contributed by atoms with Crippen LogP contribution in [0.1, 0.15) is 63.6 Å².